The molecule has 1 unspecified atom stereocenters. The normalized spacial score (nSPS) is 19.6. The van der Waals surface area contributed by atoms with E-state index in [0.29, 0.717) is 25.9 Å². The molecule has 20 heavy (non-hydrogen) atoms. The number of amides is 1. The summed E-state index contributed by atoms with van der Waals surface area (Å²) in [6.07, 6.45) is 1.21. The van der Waals surface area contributed by atoms with E-state index in [4.69, 9.17) is 5.73 Å². The molecule has 1 aliphatic heterocycles. The molecular weight excluding hydrogens is 278 g/mol. The highest BCUT2D eigenvalue weighted by molar-refractivity contribution is 7.89. The Hall–Kier alpha value is -1.44. The van der Waals surface area contributed by atoms with E-state index in [1.54, 1.807) is 19.2 Å². The topological polar surface area (TPSA) is 92.5 Å². The van der Waals surface area contributed by atoms with E-state index in [1.165, 1.54) is 17.0 Å². The van der Waals surface area contributed by atoms with E-state index in [1.807, 2.05) is 0 Å². The number of hydrogen-bond acceptors (Lipinski definition) is 4. The van der Waals surface area contributed by atoms with Crippen LogP contribution in [-0.4, -0.2) is 45.4 Å². The van der Waals surface area contributed by atoms with Gasteiger partial charge in [-0.25, -0.2) is 8.42 Å². The van der Waals surface area contributed by atoms with Crippen LogP contribution < -0.4 is 10.5 Å². The fraction of sp³-hybridized carbons (Fsp3) is 0.462. The van der Waals surface area contributed by atoms with Gasteiger partial charge in [-0.1, -0.05) is 12.1 Å². The first-order valence-electron chi connectivity index (χ1n) is 6.50. The second-order valence-corrected chi connectivity index (χ2v) is 6.62. The number of benzene rings is 1. The standard InChI is InChI=1S/C13H19N3O3S/c1-16-9-7-12(13(16)17)15-20(18,19)11-4-2-10(3-5-11)6-8-14/h2-5,12,15H,6-9,14H2,1H3. The van der Waals surface area contributed by atoms with Gasteiger partial charge in [0, 0.05) is 13.6 Å². The van der Waals surface area contributed by atoms with Gasteiger partial charge in [-0.2, -0.15) is 4.72 Å². The average Bonchev–Trinajstić information content (AvgIpc) is 2.71. The Balaban J connectivity index is 2.12. The quantitative estimate of drug-likeness (QED) is 0.780. The third-order valence-electron chi connectivity index (χ3n) is 3.39. The Morgan fingerprint density at radius 3 is 2.50 bits per heavy atom. The molecule has 0 aliphatic carbocycles. The predicted molar refractivity (Wildman–Crippen MR) is 75.6 cm³/mol. The van der Waals surface area contributed by atoms with Gasteiger partial charge in [0.05, 0.1) is 4.90 Å². The smallest absolute Gasteiger partial charge is 0.241 e. The number of likely N-dealkylation sites (tertiary alicyclic amines) is 1. The zero-order valence-electron chi connectivity index (χ0n) is 11.4. The van der Waals surface area contributed by atoms with Crippen molar-refractivity contribution in [2.24, 2.45) is 5.73 Å². The average molecular weight is 297 g/mol. The summed E-state index contributed by atoms with van der Waals surface area (Å²) in [5, 5.41) is 0. The van der Waals surface area contributed by atoms with Gasteiger partial charge in [0.15, 0.2) is 0 Å². The highest BCUT2D eigenvalue weighted by Crippen LogP contribution is 2.15. The van der Waals surface area contributed by atoms with Crippen molar-refractivity contribution >= 4 is 15.9 Å². The van der Waals surface area contributed by atoms with Gasteiger partial charge in [-0.15, -0.1) is 0 Å². The van der Waals surface area contributed by atoms with Gasteiger partial charge < -0.3 is 10.6 Å². The van der Waals surface area contributed by atoms with Crippen molar-refractivity contribution < 1.29 is 13.2 Å². The first-order chi connectivity index (χ1) is 9.44. The molecule has 0 aromatic heterocycles. The van der Waals surface area contributed by atoms with Crippen molar-refractivity contribution in [3.63, 3.8) is 0 Å². The summed E-state index contributed by atoms with van der Waals surface area (Å²) in [6, 6.07) is 5.90. The Morgan fingerprint density at radius 2 is 2.00 bits per heavy atom. The van der Waals surface area contributed by atoms with Gasteiger partial charge in [0.25, 0.3) is 0 Å². The summed E-state index contributed by atoms with van der Waals surface area (Å²) in [5.74, 6) is -0.187. The number of nitrogens with zero attached hydrogens (tertiary/aromatic N) is 1. The number of rotatable bonds is 5. The molecule has 1 atom stereocenters. The van der Waals surface area contributed by atoms with E-state index in [9.17, 15) is 13.2 Å². The van der Waals surface area contributed by atoms with Crippen molar-refractivity contribution in [3.8, 4) is 0 Å². The van der Waals surface area contributed by atoms with Gasteiger partial charge in [0.1, 0.15) is 6.04 Å². The molecule has 0 bridgehead atoms. The van der Waals surface area contributed by atoms with Crippen LogP contribution in [0, 0.1) is 0 Å². The summed E-state index contributed by atoms with van der Waals surface area (Å²) in [7, 11) is -2.00. The summed E-state index contributed by atoms with van der Waals surface area (Å²) >= 11 is 0. The molecule has 110 valence electrons. The number of hydrogen-bond donors (Lipinski definition) is 2. The molecule has 7 heteroatoms. The molecule has 6 nitrogen and oxygen atoms in total. The molecule has 0 saturated carbocycles. The lowest BCUT2D eigenvalue weighted by atomic mass is 10.2. The second kappa shape index (κ2) is 5.90. The van der Waals surface area contributed by atoms with Crippen LogP contribution in [0.5, 0.6) is 0 Å². The van der Waals surface area contributed by atoms with E-state index in [-0.39, 0.29) is 10.8 Å². The van der Waals surface area contributed by atoms with Crippen LogP contribution in [0.25, 0.3) is 0 Å². The molecular formula is C13H19N3O3S. The number of nitrogens with two attached hydrogens (primary N) is 1. The molecule has 3 N–H and O–H groups in total. The van der Waals surface area contributed by atoms with Crippen LogP contribution >= 0.6 is 0 Å². The molecule has 1 aromatic rings. The van der Waals surface area contributed by atoms with Crippen LogP contribution in [-0.2, 0) is 21.2 Å². The van der Waals surface area contributed by atoms with Crippen LogP contribution in [0.1, 0.15) is 12.0 Å². The highest BCUT2D eigenvalue weighted by atomic mass is 32.2. The molecule has 1 amide bonds. The van der Waals surface area contributed by atoms with E-state index in [0.717, 1.165) is 5.56 Å². The van der Waals surface area contributed by atoms with Crippen molar-refractivity contribution in [1.29, 1.82) is 0 Å². The summed E-state index contributed by atoms with van der Waals surface area (Å²) in [5.41, 5.74) is 6.44. The SMILES string of the molecule is CN1CCC(NS(=O)(=O)c2ccc(CCN)cc2)C1=O. The van der Waals surface area contributed by atoms with E-state index < -0.39 is 16.1 Å². The van der Waals surface area contributed by atoms with E-state index in [2.05, 4.69) is 4.72 Å². The minimum atomic E-state index is -3.66. The van der Waals surface area contributed by atoms with Crippen LogP contribution in [0.4, 0.5) is 0 Å². The maximum absolute atomic E-state index is 12.2. The molecule has 1 aliphatic rings. The molecule has 1 aromatic carbocycles. The number of carbonyl (C=O) groups is 1. The Bertz CT molecular complexity index is 583. The number of sulfonamides is 1. The molecule has 0 radical (unpaired) electrons. The van der Waals surface area contributed by atoms with Gasteiger partial charge >= 0.3 is 0 Å². The Kier molecular flexibility index (Phi) is 4.42. The minimum absolute atomic E-state index is 0.167. The monoisotopic (exact) mass is 297 g/mol. The van der Waals surface area contributed by atoms with Crippen LogP contribution in [0.3, 0.4) is 0 Å². The van der Waals surface area contributed by atoms with Crippen LogP contribution in [0.2, 0.25) is 0 Å². The second-order valence-electron chi connectivity index (χ2n) is 4.90. The maximum atomic E-state index is 12.2. The first kappa shape index (κ1) is 15.0. The zero-order chi connectivity index (χ0) is 14.8. The first-order valence-corrected chi connectivity index (χ1v) is 7.98. The van der Waals surface area contributed by atoms with Gasteiger partial charge in [-0.05, 0) is 37.1 Å². The molecule has 1 heterocycles. The maximum Gasteiger partial charge on any atom is 0.241 e. The molecule has 0 spiro atoms. The third kappa shape index (κ3) is 3.17. The van der Waals surface area contributed by atoms with Gasteiger partial charge in [0.2, 0.25) is 15.9 Å². The third-order valence-corrected chi connectivity index (χ3v) is 4.88. The predicted octanol–water partition coefficient (Wildman–Crippen LogP) is -0.303. The van der Waals surface area contributed by atoms with E-state index >= 15 is 0 Å². The molecule has 1 fully saturated rings. The van der Waals surface area contributed by atoms with Crippen molar-refractivity contribution in [2.75, 3.05) is 20.1 Å². The summed E-state index contributed by atoms with van der Waals surface area (Å²) in [6.45, 7) is 1.09. The van der Waals surface area contributed by atoms with Crippen molar-refractivity contribution in [3.05, 3.63) is 29.8 Å². The van der Waals surface area contributed by atoms with Crippen molar-refractivity contribution in [1.82, 2.24) is 9.62 Å². The van der Waals surface area contributed by atoms with Crippen LogP contribution in [0.15, 0.2) is 29.2 Å². The van der Waals surface area contributed by atoms with Gasteiger partial charge in [-0.3, -0.25) is 4.79 Å². The lowest BCUT2D eigenvalue weighted by molar-refractivity contribution is -0.127. The Labute approximate surface area is 119 Å². The molecule has 1 saturated heterocycles. The number of carbonyl (C=O) groups excluding carboxylic acids is 1. The number of likely N-dealkylation sites (N-methyl/N-ethyl adjacent to an activating group) is 1. The summed E-state index contributed by atoms with van der Waals surface area (Å²) in [4.78, 5) is 13.4. The fourth-order valence-corrected chi connectivity index (χ4v) is 3.41. The minimum Gasteiger partial charge on any atom is -0.344 e. The highest BCUT2D eigenvalue weighted by Gasteiger charge is 2.32. The Morgan fingerprint density at radius 1 is 1.35 bits per heavy atom. The largest absolute Gasteiger partial charge is 0.344 e. The lowest BCUT2D eigenvalue weighted by Gasteiger charge is -2.13. The lowest BCUT2D eigenvalue weighted by Crippen LogP contribution is -2.40. The summed E-state index contributed by atoms with van der Waals surface area (Å²) < 4.78 is 26.9. The molecule has 2 rings (SSSR count). The zero-order valence-corrected chi connectivity index (χ0v) is 12.2. The number of nitrogens with one attached hydrogen (secondary N) is 1. The fourth-order valence-electron chi connectivity index (χ4n) is 2.19. The van der Waals surface area contributed by atoms with Crippen molar-refractivity contribution in [2.45, 2.75) is 23.8 Å².